The molecule has 0 amide bonds. The summed E-state index contributed by atoms with van der Waals surface area (Å²) < 4.78 is 45.0. The minimum atomic E-state index is -4.73. The Morgan fingerprint density at radius 1 is 1.25 bits per heavy atom. The zero-order valence-corrected chi connectivity index (χ0v) is 12.9. The number of carbonyl (C=O) groups excluding carboxylic acids is 1. The van der Waals surface area contributed by atoms with E-state index in [1.54, 1.807) is 13.1 Å². The molecule has 1 aliphatic heterocycles. The summed E-state index contributed by atoms with van der Waals surface area (Å²) in [7, 11) is 0. The number of alkyl halides is 3. The highest BCUT2D eigenvalue weighted by atomic mass is 19.4. The van der Waals surface area contributed by atoms with E-state index < -0.39 is 18.4 Å². The first kappa shape index (κ1) is 17.9. The van der Waals surface area contributed by atoms with Crippen LogP contribution in [0.2, 0.25) is 0 Å². The fraction of sp³-hybridized carbons (Fsp3) is 0.357. The van der Waals surface area contributed by atoms with Crippen LogP contribution in [-0.2, 0) is 14.4 Å². The smallest absolute Gasteiger partial charge is 0.464 e. The van der Waals surface area contributed by atoms with Gasteiger partial charge in [0, 0.05) is 6.20 Å². The molecule has 0 aliphatic carbocycles. The minimum absolute atomic E-state index is 0.244. The largest absolute Gasteiger partial charge is 0.573 e. The lowest BCUT2D eigenvalue weighted by molar-refractivity contribution is -0.274. The minimum Gasteiger partial charge on any atom is -0.464 e. The number of hydrogen-bond acceptors (Lipinski definition) is 7. The van der Waals surface area contributed by atoms with Gasteiger partial charge >= 0.3 is 12.3 Å². The van der Waals surface area contributed by atoms with Crippen LogP contribution in [0, 0.1) is 0 Å². The van der Waals surface area contributed by atoms with E-state index >= 15 is 0 Å². The molecule has 24 heavy (non-hydrogen) atoms. The highest BCUT2D eigenvalue weighted by Gasteiger charge is 2.31. The number of esters is 1. The third-order valence-electron chi connectivity index (χ3n) is 2.80. The Morgan fingerprint density at radius 2 is 1.92 bits per heavy atom. The number of nitrogens with one attached hydrogen (secondary N) is 1. The van der Waals surface area contributed by atoms with E-state index in [9.17, 15) is 18.0 Å². The molecule has 1 aromatic carbocycles. The molecule has 132 valence electrons. The molecule has 1 unspecified atom stereocenters. The number of carbonyl (C=O) groups is 1. The van der Waals surface area contributed by atoms with E-state index in [2.05, 4.69) is 10.3 Å². The molecule has 2 rings (SSSR count). The molecule has 0 saturated carbocycles. The molecule has 0 saturated heterocycles. The molecule has 1 aromatic rings. The number of hydrogen-bond donors (Lipinski definition) is 1. The molecule has 0 aromatic heterocycles. The summed E-state index contributed by atoms with van der Waals surface area (Å²) in [5, 5.41) is 2.66. The highest BCUT2D eigenvalue weighted by Crippen LogP contribution is 2.25. The maximum atomic E-state index is 12.1. The van der Waals surface area contributed by atoms with Gasteiger partial charge in [-0.05, 0) is 38.1 Å². The maximum absolute atomic E-state index is 12.1. The summed E-state index contributed by atoms with van der Waals surface area (Å²) >= 11 is 0. The Labute approximate surface area is 136 Å². The Balaban J connectivity index is 1.89. The summed E-state index contributed by atoms with van der Waals surface area (Å²) in [6.07, 6.45) is -2.50. The number of rotatable bonds is 6. The third-order valence-corrected chi connectivity index (χ3v) is 2.80. The van der Waals surface area contributed by atoms with Gasteiger partial charge in [0.2, 0.25) is 0 Å². The molecular weight excluding hydrogens is 331 g/mol. The SMILES string of the molecule is CCOC(=O)C(C)ON1C=CN(c2ccc(OC(F)(F)F)cc2)N1. The van der Waals surface area contributed by atoms with Crippen molar-refractivity contribution in [3.63, 3.8) is 0 Å². The number of halogens is 3. The van der Waals surface area contributed by atoms with Crippen LogP contribution in [0.25, 0.3) is 0 Å². The number of nitrogens with zero attached hydrogens (tertiary/aromatic N) is 2. The average Bonchev–Trinajstić information content (AvgIpc) is 2.95. The van der Waals surface area contributed by atoms with Crippen molar-refractivity contribution < 1.29 is 32.3 Å². The lowest BCUT2D eigenvalue weighted by Crippen LogP contribution is -2.42. The second-order valence-electron chi connectivity index (χ2n) is 4.64. The second kappa shape index (κ2) is 7.41. The number of benzene rings is 1. The van der Waals surface area contributed by atoms with E-state index in [4.69, 9.17) is 9.57 Å². The molecule has 0 spiro atoms. The van der Waals surface area contributed by atoms with Crippen LogP contribution in [0.15, 0.2) is 36.7 Å². The summed E-state index contributed by atoms with van der Waals surface area (Å²) in [6, 6.07) is 5.22. The van der Waals surface area contributed by atoms with Crippen LogP contribution >= 0.6 is 0 Å². The van der Waals surface area contributed by atoms with Gasteiger partial charge < -0.3 is 9.47 Å². The van der Waals surface area contributed by atoms with Gasteiger partial charge in [-0.1, -0.05) is 0 Å². The predicted molar refractivity (Wildman–Crippen MR) is 76.9 cm³/mol. The van der Waals surface area contributed by atoms with Crippen molar-refractivity contribution in [3.05, 3.63) is 36.7 Å². The zero-order valence-electron chi connectivity index (χ0n) is 12.9. The molecule has 1 aliphatic rings. The van der Waals surface area contributed by atoms with E-state index in [0.29, 0.717) is 5.69 Å². The molecule has 1 heterocycles. The van der Waals surface area contributed by atoms with Crippen molar-refractivity contribution in [3.8, 4) is 5.75 Å². The van der Waals surface area contributed by atoms with Gasteiger partial charge in [0.25, 0.3) is 0 Å². The maximum Gasteiger partial charge on any atom is 0.573 e. The van der Waals surface area contributed by atoms with Gasteiger partial charge in [-0.25, -0.2) is 9.63 Å². The van der Waals surface area contributed by atoms with Crippen LogP contribution in [0.1, 0.15) is 13.8 Å². The average molecular weight is 347 g/mol. The first-order valence-electron chi connectivity index (χ1n) is 7.01. The summed E-state index contributed by atoms with van der Waals surface area (Å²) in [6.45, 7) is 3.46. The van der Waals surface area contributed by atoms with Crippen LogP contribution < -0.4 is 15.3 Å². The van der Waals surface area contributed by atoms with Crippen molar-refractivity contribution in [2.45, 2.75) is 26.3 Å². The van der Waals surface area contributed by atoms with E-state index in [0.717, 1.165) is 0 Å². The van der Waals surface area contributed by atoms with Gasteiger partial charge in [0.1, 0.15) is 5.75 Å². The van der Waals surface area contributed by atoms with Crippen molar-refractivity contribution in [2.75, 3.05) is 11.6 Å². The summed E-state index contributed by atoms with van der Waals surface area (Å²) in [5.74, 6) is -0.835. The molecule has 0 fully saturated rings. The van der Waals surface area contributed by atoms with Gasteiger partial charge in [-0.2, -0.15) is 5.17 Å². The van der Waals surface area contributed by atoms with E-state index in [1.807, 2.05) is 0 Å². The first-order valence-corrected chi connectivity index (χ1v) is 7.01. The van der Waals surface area contributed by atoms with Crippen LogP contribution in [0.4, 0.5) is 18.9 Å². The number of ether oxygens (including phenoxy) is 2. The summed E-state index contributed by atoms with van der Waals surface area (Å²) in [5.41, 5.74) is 3.30. The molecule has 1 N–H and O–H groups in total. The van der Waals surface area contributed by atoms with Gasteiger partial charge in [-0.15, -0.1) is 18.7 Å². The van der Waals surface area contributed by atoms with Crippen molar-refractivity contribution in [1.82, 2.24) is 10.7 Å². The highest BCUT2D eigenvalue weighted by molar-refractivity contribution is 5.74. The van der Waals surface area contributed by atoms with Crippen LogP contribution in [0.5, 0.6) is 5.75 Å². The zero-order chi connectivity index (χ0) is 17.7. The lowest BCUT2D eigenvalue weighted by Gasteiger charge is -2.23. The van der Waals surface area contributed by atoms with Crippen molar-refractivity contribution in [2.24, 2.45) is 0 Å². The Bertz CT molecular complexity index is 592. The number of hydrazine groups is 2. The number of anilines is 1. The first-order chi connectivity index (χ1) is 11.3. The van der Waals surface area contributed by atoms with Crippen LogP contribution in [-0.4, -0.2) is 30.2 Å². The number of hydroxylamine groups is 1. The Morgan fingerprint density at radius 3 is 2.50 bits per heavy atom. The lowest BCUT2D eigenvalue weighted by atomic mass is 10.3. The fourth-order valence-electron chi connectivity index (χ4n) is 1.78. The molecule has 1 atom stereocenters. The predicted octanol–water partition coefficient (Wildman–Crippen LogP) is 2.48. The van der Waals surface area contributed by atoms with Crippen molar-refractivity contribution in [1.29, 1.82) is 0 Å². The quantitative estimate of drug-likeness (QED) is 0.793. The fourth-order valence-corrected chi connectivity index (χ4v) is 1.78. The van der Waals surface area contributed by atoms with Crippen molar-refractivity contribution >= 4 is 11.7 Å². The van der Waals surface area contributed by atoms with Crippen LogP contribution in [0.3, 0.4) is 0 Å². The monoisotopic (exact) mass is 347 g/mol. The van der Waals surface area contributed by atoms with Gasteiger partial charge in [0.15, 0.2) is 6.10 Å². The molecule has 10 heteroatoms. The Kier molecular flexibility index (Phi) is 5.52. The normalized spacial score (nSPS) is 15.5. The van der Waals surface area contributed by atoms with Gasteiger partial charge in [-0.3, -0.25) is 5.01 Å². The Hall–Kier alpha value is -2.46. The summed E-state index contributed by atoms with van der Waals surface area (Å²) in [4.78, 5) is 16.8. The van der Waals surface area contributed by atoms with E-state index in [-0.39, 0.29) is 12.4 Å². The molecular formula is C14H16F3N3O4. The standard InChI is InChI=1S/C14H16F3N3O4/c1-3-22-13(21)10(2)24-20-9-8-19(18-20)11-4-6-12(7-5-11)23-14(15,16)17/h4-10,18H,3H2,1-2H3. The molecule has 0 radical (unpaired) electrons. The second-order valence-corrected chi connectivity index (χ2v) is 4.64. The van der Waals surface area contributed by atoms with E-state index in [1.165, 1.54) is 47.6 Å². The topological polar surface area (TPSA) is 63.3 Å². The van der Waals surface area contributed by atoms with Gasteiger partial charge in [0.05, 0.1) is 18.5 Å². The molecule has 7 nitrogen and oxygen atoms in total. The molecule has 0 bridgehead atoms. The third kappa shape index (κ3) is 5.03.